The van der Waals surface area contributed by atoms with Crippen LogP contribution in [0.4, 0.5) is 5.69 Å². The summed E-state index contributed by atoms with van der Waals surface area (Å²) in [4.78, 5) is 11.7. The first-order valence-electron chi connectivity index (χ1n) is 5.29. The number of hydroxylamine groups is 1. The zero-order chi connectivity index (χ0) is 13.8. The lowest BCUT2D eigenvalue weighted by Gasteiger charge is -2.29. The molecule has 1 rings (SSSR count). The fraction of sp³-hybridized carbons (Fsp3) is 0.333. The Morgan fingerprint density at radius 3 is 2.56 bits per heavy atom. The second kappa shape index (κ2) is 5.85. The van der Waals surface area contributed by atoms with Crippen LogP contribution in [-0.2, 0) is 9.53 Å². The Hall–Kier alpha value is -1.58. The van der Waals surface area contributed by atoms with E-state index in [0.717, 1.165) is 4.47 Å². The van der Waals surface area contributed by atoms with Crippen molar-refractivity contribution in [2.75, 3.05) is 11.7 Å². The Labute approximate surface area is 114 Å². The number of nitrogens with zero attached hydrogens (tertiary/aromatic N) is 2. The summed E-state index contributed by atoms with van der Waals surface area (Å²) in [5, 5.41) is 19.7. The molecule has 6 heteroatoms. The number of anilines is 1. The molecule has 5 nitrogen and oxygen atoms in total. The molecule has 1 aromatic carbocycles. The van der Waals surface area contributed by atoms with E-state index >= 15 is 0 Å². The van der Waals surface area contributed by atoms with Crippen LogP contribution in [0.25, 0.3) is 0 Å². The van der Waals surface area contributed by atoms with Crippen molar-refractivity contribution in [3.8, 4) is 6.07 Å². The van der Waals surface area contributed by atoms with Gasteiger partial charge in [0.2, 0.25) is 5.54 Å². The number of halogens is 1. The number of ether oxygens (including phenoxy) is 1. The van der Waals surface area contributed by atoms with Gasteiger partial charge < -0.3 is 4.74 Å². The molecule has 0 saturated carbocycles. The van der Waals surface area contributed by atoms with Gasteiger partial charge in [-0.05, 0) is 38.1 Å². The topological polar surface area (TPSA) is 73.6 Å². The normalized spacial score (nSPS) is 13.3. The van der Waals surface area contributed by atoms with Gasteiger partial charge in [0.1, 0.15) is 6.07 Å². The molecule has 0 spiro atoms. The van der Waals surface area contributed by atoms with Gasteiger partial charge in [-0.2, -0.15) is 5.26 Å². The predicted molar refractivity (Wildman–Crippen MR) is 69.1 cm³/mol. The maximum atomic E-state index is 11.7. The summed E-state index contributed by atoms with van der Waals surface area (Å²) in [5.74, 6) is -0.794. The third-order valence-electron chi connectivity index (χ3n) is 2.39. The molecular formula is C12H13BrN2O3. The van der Waals surface area contributed by atoms with Gasteiger partial charge in [-0.25, -0.2) is 9.86 Å². The zero-order valence-electron chi connectivity index (χ0n) is 10.1. The zero-order valence-corrected chi connectivity index (χ0v) is 11.6. The lowest BCUT2D eigenvalue weighted by Crippen LogP contribution is -2.51. The molecule has 18 heavy (non-hydrogen) atoms. The SMILES string of the molecule is CCOC(=O)[C@](C)(C#N)N(O)c1ccc(Br)cc1. The maximum Gasteiger partial charge on any atom is 0.349 e. The number of nitriles is 1. The average molecular weight is 313 g/mol. The van der Waals surface area contributed by atoms with Crippen LogP contribution in [0.1, 0.15) is 13.8 Å². The van der Waals surface area contributed by atoms with Gasteiger partial charge in [-0.3, -0.25) is 5.21 Å². The van der Waals surface area contributed by atoms with Crippen LogP contribution in [0.2, 0.25) is 0 Å². The summed E-state index contributed by atoms with van der Waals surface area (Å²) >= 11 is 3.26. The van der Waals surface area contributed by atoms with E-state index in [-0.39, 0.29) is 6.61 Å². The average Bonchev–Trinajstić information content (AvgIpc) is 2.38. The Kier molecular flexibility index (Phi) is 4.70. The Balaban J connectivity index is 3.05. The third-order valence-corrected chi connectivity index (χ3v) is 2.91. The van der Waals surface area contributed by atoms with Gasteiger partial charge >= 0.3 is 5.97 Å². The molecule has 0 aliphatic rings. The van der Waals surface area contributed by atoms with E-state index < -0.39 is 11.5 Å². The van der Waals surface area contributed by atoms with Gasteiger partial charge in [0.15, 0.2) is 0 Å². The van der Waals surface area contributed by atoms with E-state index in [1.165, 1.54) is 6.92 Å². The number of hydrogen-bond donors (Lipinski definition) is 1. The predicted octanol–water partition coefficient (Wildman–Crippen LogP) is 2.49. The Morgan fingerprint density at radius 2 is 2.11 bits per heavy atom. The monoisotopic (exact) mass is 312 g/mol. The number of hydrogen-bond acceptors (Lipinski definition) is 5. The van der Waals surface area contributed by atoms with Gasteiger partial charge in [-0.15, -0.1) is 0 Å². The third kappa shape index (κ3) is 2.81. The molecule has 1 atom stereocenters. The van der Waals surface area contributed by atoms with Crippen LogP contribution < -0.4 is 5.06 Å². The van der Waals surface area contributed by atoms with E-state index in [4.69, 9.17) is 10.00 Å². The lowest BCUT2D eigenvalue weighted by atomic mass is 10.0. The number of carbonyl (C=O) groups is 1. The Bertz CT molecular complexity index is 469. The van der Waals surface area contributed by atoms with Crippen molar-refractivity contribution >= 4 is 27.6 Å². The molecule has 0 heterocycles. The molecule has 0 bridgehead atoms. The van der Waals surface area contributed by atoms with Gasteiger partial charge in [-0.1, -0.05) is 15.9 Å². The van der Waals surface area contributed by atoms with Crippen molar-refractivity contribution in [3.63, 3.8) is 0 Å². The molecule has 0 amide bonds. The highest BCUT2D eigenvalue weighted by atomic mass is 79.9. The second-order valence-corrected chi connectivity index (χ2v) is 4.61. The fourth-order valence-electron chi connectivity index (χ4n) is 1.29. The largest absolute Gasteiger partial charge is 0.463 e. The molecule has 96 valence electrons. The molecular weight excluding hydrogens is 300 g/mol. The van der Waals surface area contributed by atoms with Crippen molar-refractivity contribution in [2.45, 2.75) is 19.4 Å². The summed E-state index contributed by atoms with van der Waals surface area (Å²) < 4.78 is 5.62. The van der Waals surface area contributed by atoms with Gasteiger partial charge in [0, 0.05) is 4.47 Å². The standard InChI is InChI=1S/C12H13BrN2O3/c1-3-18-11(16)12(2,8-14)15(17)10-6-4-9(13)5-7-10/h4-7,17H,3H2,1-2H3/t12-/m0/s1. The number of benzene rings is 1. The van der Waals surface area contributed by atoms with E-state index in [2.05, 4.69) is 15.9 Å². The molecule has 0 fully saturated rings. The summed E-state index contributed by atoms with van der Waals surface area (Å²) in [6.45, 7) is 3.08. The maximum absolute atomic E-state index is 11.7. The molecule has 0 saturated heterocycles. The summed E-state index contributed by atoms with van der Waals surface area (Å²) in [6.07, 6.45) is 0. The minimum absolute atomic E-state index is 0.143. The van der Waals surface area contributed by atoms with Crippen LogP contribution in [0, 0.1) is 11.3 Å². The highest BCUT2D eigenvalue weighted by Gasteiger charge is 2.41. The van der Waals surface area contributed by atoms with Crippen LogP contribution in [0.5, 0.6) is 0 Å². The first kappa shape index (κ1) is 14.5. The lowest BCUT2D eigenvalue weighted by molar-refractivity contribution is -0.148. The van der Waals surface area contributed by atoms with E-state index in [9.17, 15) is 10.0 Å². The molecule has 0 aromatic heterocycles. The van der Waals surface area contributed by atoms with E-state index in [1.807, 2.05) is 0 Å². The molecule has 1 aromatic rings. The summed E-state index contributed by atoms with van der Waals surface area (Å²) in [7, 11) is 0. The number of rotatable bonds is 4. The minimum atomic E-state index is -1.77. The summed E-state index contributed by atoms with van der Waals surface area (Å²) in [5.41, 5.74) is -1.44. The first-order valence-corrected chi connectivity index (χ1v) is 6.08. The van der Waals surface area contributed by atoms with Crippen LogP contribution in [0.15, 0.2) is 28.7 Å². The molecule has 0 aliphatic carbocycles. The summed E-state index contributed by atoms with van der Waals surface area (Å²) in [6, 6.07) is 8.32. The fourth-order valence-corrected chi connectivity index (χ4v) is 1.56. The Morgan fingerprint density at radius 1 is 1.56 bits per heavy atom. The van der Waals surface area contributed by atoms with Gasteiger partial charge in [0.25, 0.3) is 0 Å². The van der Waals surface area contributed by atoms with Crippen molar-refractivity contribution in [1.29, 1.82) is 5.26 Å². The van der Waals surface area contributed by atoms with Crippen molar-refractivity contribution in [1.82, 2.24) is 0 Å². The van der Waals surface area contributed by atoms with Crippen LogP contribution in [-0.4, -0.2) is 23.3 Å². The molecule has 1 N–H and O–H groups in total. The van der Waals surface area contributed by atoms with Crippen LogP contribution in [0.3, 0.4) is 0 Å². The number of esters is 1. The molecule has 0 unspecified atom stereocenters. The molecule has 0 aliphatic heterocycles. The highest BCUT2D eigenvalue weighted by Crippen LogP contribution is 2.24. The van der Waals surface area contributed by atoms with Gasteiger partial charge in [0.05, 0.1) is 12.3 Å². The van der Waals surface area contributed by atoms with Crippen molar-refractivity contribution < 1.29 is 14.7 Å². The van der Waals surface area contributed by atoms with E-state index in [1.54, 1.807) is 37.3 Å². The quantitative estimate of drug-likeness (QED) is 0.683. The minimum Gasteiger partial charge on any atom is -0.463 e. The first-order chi connectivity index (χ1) is 8.45. The number of carbonyl (C=O) groups excluding carboxylic acids is 1. The second-order valence-electron chi connectivity index (χ2n) is 3.69. The molecule has 0 radical (unpaired) electrons. The smallest absolute Gasteiger partial charge is 0.349 e. The van der Waals surface area contributed by atoms with Crippen LogP contribution >= 0.6 is 15.9 Å². The highest BCUT2D eigenvalue weighted by molar-refractivity contribution is 9.10. The van der Waals surface area contributed by atoms with Crippen molar-refractivity contribution in [3.05, 3.63) is 28.7 Å². The van der Waals surface area contributed by atoms with Crippen molar-refractivity contribution in [2.24, 2.45) is 0 Å². The van der Waals surface area contributed by atoms with E-state index in [0.29, 0.717) is 10.8 Å².